The first-order chi connectivity index (χ1) is 7.11. The Kier molecular flexibility index (Phi) is 2.26. The molecule has 0 saturated carbocycles. The lowest BCUT2D eigenvalue weighted by Gasteiger charge is -2.19. The molecule has 0 atom stereocenters. The van der Waals surface area contributed by atoms with Gasteiger partial charge in [-0.2, -0.15) is 0 Å². The Labute approximate surface area is 87.3 Å². The first-order valence-electron chi connectivity index (χ1n) is 4.97. The van der Waals surface area contributed by atoms with Crippen molar-refractivity contribution in [1.82, 2.24) is 0 Å². The van der Waals surface area contributed by atoms with Crippen LogP contribution in [-0.4, -0.2) is 16.2 Å². The number of phenols is 1. The number of hydrogen-bond acceptors (Lipinski definition) is 3. The summed E-state index contributed by atoms with van der Waals surface area (Å²) in [6.07, 6.45) is 3.58. The summed E-state index contributed by atoms with van der Waals surface area (Å²) in [6, 6.07) is 1.69. The van der Waals surface area contributed by atoms with Crippen LogP contribution >= 0.6 is 0 Å². The standard InChI is InChI=1S/C11H13NO3/c12-8-5-6-3-1-2-4-7(6)9(10(8)13)11(14)15/h5,13H,1-4,12H2,(H,14,15). The van der Waals surface area contributed by atoms with Crippen molar-refractivity contribution < 1.29 is 15.0 Å². The van der Waals surface area contributed by atoms with Gasteiger partial charge in [0, 0.05) is 0 Å². The molecule has 0 unspecified atom stereocenters. The van der Waals surface area contributed by atoms with Crippen LogP contribution in [0.25, 0.3) is 0 Å². The van der Waals surface area contributed by atoms with Crippen LogP contribution < -0.4 is 5.73 Å². The second-order valence-corrected chi connectivity index (χ2v) is 3.84. The monoisotopic (exact) mass is 207 g/mol. The number of benzene rings is 1. The smallest absolute Gasteiger partial charge is 0.339 e. The first kappa shape index (κ1) is 9.83. The summed E-state index contributed by atoms with van der Waals surface area (Å²) < 4.78 is 0. The molecule has 0 bridgehead atoms. The molecular weight excluding hydrogens is 194 g/mol. The third kappa shape index (κ3) is 1.52. The summed E-state index contributed by atoms with van der Waals surface area (Å²) in [7, 11) is 0. The third-order valence-corrected chi connectivity index (χ3v) is 2.87. The predicted molar refractivity (Wildman–Crippen MR) is 56.1 cm³/mol. The molecule has 1 aromatic carbocycles. The van der Waals surface area contributed by atoms with Crippen LogP contribution in [0, 0.1) is 0 Å². The van der Waals surface area contributed by atoms with Gasteiger partial charge in [0.1, 0.15) is 5.56 Å². The number of carbonyl (C=O) groups is 1. The maximum atomic E-state index is 11.0. The highest BCUT2D eigenvalue weighted by atomic mass is 16.4. The van der Waals surface area contributed by atoms with Gasteiger partial charge in [-0.1, -0.05) is 0 Å². The highest BCUT2D eigenvalue weighted by Crippen LogP contribution is 2.35. The second kappa shape index (κ2) is 3.46. The summed E-state index contributed by atoms with van der Waals surface area (Å²) in [5, 5.41) is 18.6. The van der Waals surface area contributed by atoms with Crippen LogP contribution in [0.1, 0.15) is 34.3 Å². The van der Waals surface area contributed by atoms with Gasteiger partial charge in [0.05, 0.1) is 5.69 Å². The number of fused-ring (bicyclic) bond motifs is 1. The lowest BCUT2D eigenvalue weighted by atomic mass is 9.87. The number of carboxylic acids is 1. The molecule has 15 heavy (non-hydrogen) atoms. The summed E-state index contributed by atoms with van der Waals surface area (Å²) >= 11 is 0. The molecule has 0 fully saturated rings. The van der Waals surface area contributed by atoms with E-state index in [0.717, 1.165) is 30.4 Å². The largest absolute Gasteiger partial charge is 0.505 e. The minimum absolute atomic E-state index is 0.00954. The van der Waals surface area contributed by atoms with Crippen molar-refractivity contribution in [3.63, 3.8) is 0 Å². The van der Waals surface area contributed by atoms with Gasteiger partial charge in [-0.25, -0.2) is 4.79 Å². The van der Waals surface area contributed by atoms with Crippen LogP contribution in [-0.2, 0) is 12.8 Å². The quantitative estimate of drug-likeness (QED) is 0.482. The van der Waals surface area contributed by atoms with Gasteiger partial charge in [0.15, 0.2) is 5.75 Å². The number of hydrogen-bond donors (Lipinski definition) is 3. The van der Waals surface area contributed by atoms with Gasteiger partial charge < -0.3 is 15.9 Å². The van der Waals surface area contributed by atoms with E-state index in [2.05, 4.69) is 0 Å². The Morgan fingerprint density at radius 1 is 1.33 bits per heavy atom. The van der Waals surface area contributed by atoms with E-state index in [9.17, 15) is 9.90 Å². The minimum Gasteiger partial charge on any atom is -0.505 e. The van der Waals surface area contributed by atoms with Crippen LogP contribution in [0.5, 0.6) is 5.75 Å². The zero-order valence-corrected chi connectivity index (χ0v) is 8.29. The van der Waals surface area contributed by atoms with Gasteiger partial charge in [-0.3, -0.25) is 0 Å². The van der Waals surface area contributed by atoms with Crippen molar-refractivity contribution in [3.05, 3.63) is 22.8 Å². The van der Waals surface area contributed by atoms with E-state index in [1.807, 2.05) is 0 Å². The lowest BCUT2D eigenvalue weighted by Crippen LogP contribution is -2.12. The van der Waals surface area contributed by atoms with Crippen molar-refractivity contribution >= 4 is 11.7 Å². The average Bonchev–Trinajstić information content (AvgIpc) is 2.19. The highest BCUT2D eigenvalue weighted by molar-refractivity contribution is 5.95. The Bertz CT molecular complexity index is 426. The maximum Gasteiger partial charge on any atom is 0.339 e. The molecule has 4 heteroatoms. The average molecular weight is 207 g/mol. The predicted octanol–water partition coefficient (Wildman–Crippen LogP) is 1.55. The Balaban J connectivity index is 2.68. The van der Waals surface area contributed by atoms with Gasteiger partial charge >= 0.3 is 5.97 Å². The fourth-order valence-electron chi connectivity index (χ4n) is 2.15. The molecule has 2 rings (SSSR count). The van der Waals surface area contributed by atoms with E-state index in [0.29, 0.717) is 6.42 Å². The summed E-state index contributed by atoms with van der Waals surface area (Å²) in [6.45, 7) is 0. The Hall–Kier alpha value is -1.71. The molecule has 0 radical (unpaired) electrons. The SMILES string of the molecule is Nc1cc2c(c(C(=O)O)c1O)CCCC2. The topological polar surface area (TPSA) is 83.6 Å². The van der Waals surface area contributed by atoms with Crippen molar-refractivity contribution in [2.24, 2.45) is 0 Å². The first-order valence-corrected chi connectivity index (χ1v) is 4.97. The molecule has 0 spiro atoms. The fourth-order valence-corrected chi connectivity index (χ4v) is 2.15. The molecule has 0 saturated heterocycles. The molecule has 1 aliphatic rings. The van der Waals surface area contributed by atoms with Gasteiger partial charge in [0.25, 0.3) is 0 Å². The van der Waals surface area contributed by atoms with E-state index in [4.69, 9.17) is 10.8 Å². The van der Waals surface area contributed by atoms with Crippen molar-refractivity contribution in [3.8, 4) is 5.75 Å². The van der Waals surface area contributed by atoms with E-state index in [-0.39, 0.29) is 17.0 Å². The van der Waals surface area contributed by atoms with Gasteiger partial charge in [-0.15, -0.1) is 0 Å². The van der Waals surface area contributed by atoms with Crippen molar-refractivity contribution in [2.75, 3.05) is 5.73 Å². The number of aromatic hydroxyl groups is 1. The zero-order valence-electron chi connectivity index (χ0n) is 8.29. The van der Waals surface area contributed by atoms with E-state index < -0.39 is 5.97 Å². The number of aromatic carboxylic acids is 1. The van der Waals surface area contributed by atoms with Crippen LogP contribution in [0.2, 0.25) is 0 Å². The molecule has 0 aliphatic heterocycles. The normalized spacial score (nSPS) is 14.7. The molecule has 80 valence electrons. The summed E-state index contributed by atoms with van der Waals surface area (Å²) in [5.74, 6) is -1.39. The maximum absolute atomic E-state index is 11.0. The molecule has 0 amide bonds. The van der Waals surface area contributed by atoms with E-state index in [1.54, 1.807) is 6.07 Å². The Morgan fingerprint density at radius 3 is 2.67 bits per heavy atom. The third-order valence-electron chi connectivity index (χ3n) is 2.87. The molecule has 4 N–H and O–H groups in total. The van der Waals surface area contributed by atoms with E-state index >= 15 is 0 Å². The molecule has 0 aromatic heterocycles. The molecular formula is C11H13NO3. The number of carboxylic acid groups (broad SMARTS) is 1. The molecule has 4 nitrogen and oxygen atoms in total. The lowest BCUT2D eigenvalue weighted by molar-refractivity contribution is 0.0692. The number of rotatable bonds is 1. The number of anilines is 1. The minimum atomic E-state index is -1.10. The van der Waals surface area contributed by atoms with E-state index in [1.165, 1.54) is 0 Å². The number of nitrogen functional groups attached to an aromatic ring is 1. The molecule has 1 aromatic rings. The fraction of sp³-hybridized carbons (Fsp3) is 0.364. The summed E-state index contributed by atoms with van der Waals surface area (Å²) in [5.41, 5.74) is 7.44. The second-order valence-electron chi connectivity index (χ2n) is 3.84. The zero-order chi connectivity index (χ0) is 11.0. The number of nitrogens with two attached hydrogens (primary N) is 1. The van der Waals surface area contributed by atoms with Crippen molar-refractivity contribution in [2.45, 2.75) is 25.7 Å². The van der Waals surface area contributed by atoms with Gasteiger partial charge in [0.2, 0.25) is 0 Å². The Morgan fingerprint density at radius 2 is 2.00 bits per heavy atom. The highest BCUT2D eigenvalue weighted by Gasteiger charge is 2.23. The van der Waals surface area contributed by atoms with Gasteiger partial charge in [-0.05, 0) is 42.9 Å². The van der Waals surface area contributed by atoms with Crippen LogP contribution in [0.15, 0.2) is 6.07 Å². The van der Waals surface area contributed by atoms with Crippen LogP contribution in [0.4, 0.5) is 5.69 Å². The van der Waals surface area contributed by atoms with Crippen LogP contribution in [0.3, 0.4) is 0 Å². The number of aryl methyl sites for hydroxylation is 1. The summed E-state index contributed by atoms with van der Waals surface area (Å²) in [4.78, 5) is 11.0. The molecule has 0 heterocycles. The van der Waals surface area contributed by atoms with Crippen molar-refractivity contribution in [1.29, 1.82) is 0 Å². The molecule has 1 aliphatic carbocycles.